The summed E-state index contributed by atoms with van der Waals surface area (Å²) < 4.78 is 23.1. The number of benzene rings is 1. The second-order valence-electron chi connectivity index (χ2n) is 4.37. The molecule has 9 heteroatoms. The van der Waals surface area contributed by atoms with Crippen molar-refractivity contribution >= 4 is 11.9 Å². The monoisotopic (exact) mass is 309 g/mol. The molecule has 2 N–H and O–H groups in total. The van der Waals surface area contributed by atoms with E-state index in [1.54, 1.807) is 0 Å². The molecule has 0 radical (unpaired) electrons. The Kier molecular flexibility index (Phi) is 4.35. The molecule has 0 aliphatic heterocycles. The van der Waals surface area contributed by atoms with Crippen molar-refractivity contribution in [1.29, 1.82) is 0 Å². The molecule has 1 amide bonds. The number of ether oxygens (including phenoxy) is 1. The maximum Gasteiger partial charge on any atom is 0.437 e. The lowest BCUT2D eigenvalue weighted by atomic mass is 10.2. The molecule has 0 aliphatic rings. The molecule has 116 valence electrons. The van der Waals surface area contributed by atoms with Gasteiger partial charge in [0.2, 0.25) is 5.89 Å². The Morgan fingerprint density at radius 1 is 1.41 bits per heavy atom. The van der Waals surface area contributed by atoms with Crippen molar-refractivity contribution in [1.82, 2.24) is 9.78 Å². The summed E-state index contributed by atoms with van der Waals surface area (Å²) >= 11 is 0. The number of nitrogens with two attached hydrogens (primary N) is 1. The molecule has 8 nitrogen and oxygen atoms in total. The maximum atomic E-state index is 12.8. The average Bonchev–Trinajstić information content (AvgIpc) is 2.80. The molecule has 1 atom stereocenters. The van der Waals surface area contributed by atoms with Crippen LogP contribution in [0.15, 0.2) is 33.5 Å². The molecule has 0 unspecified atom stereocenters. The summed E-state index contributed by atoms with van der Waals surface area (Å²) in [6, 6.07) is 5.10. The quantitative estimate of drug-likeness (QED) is 0.780. The Morgan fingerprint density at radius 2 is 2.05 bits per heavy atom. The average molecular weight is 309 g/mol. The lowest BCUT2D eigenvalue weighted by molar-refractivity contribution is -0.154. The molecule has 1 heterocycles. The van der Waals surface area contributed by atoms with Crippen molar-refractivity contribution in [3.63, 3.8) is 0 Å². The molecule has 0 bridgehead atoms. The van der Waals surface area contributed by atoms with Crippen LogP contribution in [-0.4, -0.2) is 27.8 Å². The molecule has 1 aromatic heterocycles. The van der Waals surface area contributed by atoms with E-state index in [4.69, 9.17) is 14.9 Å². The van der Waals surface area contributed by atoms with E-state index in [1.165, 1.54) is 31.2 Å². The third-order valence-electron chi connectivity index (χ3n) is 2.69. The fraction of sp³-hybridized carbons (Fsp3) is 0.231. The van der Waals surface area contributed by atoms with Crippen LogP contribution in [0.4, 0.5) is 4.39 Å². The van der Waals surface area contributed by atoms with Gasteiger partial charge in [0.1, 0.15) is 12.4 Å². The van der Waals surface area contributed by atoms with Gasteiger partial charge >= 0.3 is 11.7 Å². The minimum atomic E-state index is -1.12. The van der Waals surface area contributed by atoms with E-state index in [9.17, 15) is 18.8 Å². The zero-order chi connectivity index (χ0) is 16.3. The summed E-state index contributed by atoms with van der Waals surface area (Å²) in [4.78, 5) is 33.9. The zero-order valence-corrected chi connectivity index (χ0v) is 11.5. The van der Waals surface area contributed by atoms with E-state index in [2.05, 4.69) is 5.10 Å². The number of amides is 1. The SMILES string of the molecule is C[C@@H](OC(=O)Cn1nc(-c2ccc(F)cc2)oc1=O)C(N)=O. The van der Waals surface area contributed by atoms with Gasteiger partial charge in [0.25, 0.3) is 5.91 Å². The Bertz CT molecular complexity index is 750. The molecule has 0 saturated carbocycles. The van der Waals surface area contributed by atoms with Crippen molar-refractivity contribution in [2.75, 3.05) is 0 Å². The van der Waals surface area contributed by atoms with Gasteiger partial charge in [-0.3, -0.25) is 9.59 Å². The fourth-order valence-electron chi connectivity index (χ4n) is 1.53. The Balaban J connectivity index is 2.13. The van der Waals surface area contributed by atoms with Gasteiger partial charge in [0.05, 0.1) is 0 Å². The molecule has 0 aliphatic carbocycles. The number of aromatic nitrogens is 2. The number of halogens is 1. The Labute approximate surface area is 123 Å². The highest BCUT2D eigenvalue weighted by Crippen LogP contribution is 2.15. The van der Waals surface area contributed by atoms with Crippen LogP contribution in [0.25, 0.3) is 11.5 Å². The highest BCUT2D eigenvalue weighted by atomic mass is 19.1. The first-order valence-electron chi connectivity index (χ1n) is 6.19. The van der Waals surface area contributed by atoms with Crippen LogP contribution in [0.2, 0.25) is 0 Å². The third kappa shape index (κ3) is 3.57. The fourth-order valence-corrected chi connectivity index (χ4v) is 1.53. The summed E-state index contributed by atoms with van der Waals surface area (Å²) in [7, 11) is 0. The first kappa shape index (κ1) is 15.4. The van der Waals surface area contributed by atoms with Gasteiger partial charge in [-0.05, 0) is 31.2 Å². The Hall–Kier alpha value is -2.97. The number of hydrogen-bond acceptors (Lipinski definition) is 6. The van der Waals surface area contributed by atoms with E-state index in [0.717, 1.165) is 4.68 Å². The summed E-state index contributed by atoms with van der Waals surface area (Å²) in [6.45, 7) is 0.761. The van der Waals surface area contributed by atoms with Gasteiger partial charge in [0.15, 0.2) is 6.10 Å². The van der Waals surface area contributed by atoms with Crippen LogP contribution in [0.1, 0.15) is 6.92 Å². The summed E-state index contributed by atoms with van der Waals surface area (Å²) in [5.74, 6) is -3.08. The summed E-state index contributed by atoms with van der Waals surface area (Å²) in [5, 5.41) is 3.80. The number of carbonyl (C=O) groups excluding carboxylic acids is 2. The molecule has 0 spiro atoms. The number of nitrogens with zero attached hydrogens (tertiary/aromatic N) is 2. The molecule has 2 rings (SSSR count). The second kappa shape index (κ2) is 6.20. The van der Waals surface area contributed by atoms with Gasteiger partial charge in [-0.1, -0.05) is 0 Å². The first-order valence-corrected chi connectivity index (χ1v) is 6.19. The van der Waals surface area contributed by atoms with Crippen molar-refractivity contribution in [2.24, 2.45) is 5.73 Å². The van der Waals surface area contributed by atoms with E-state index in [0.29, 0.717) is 5.56 Å². The van der Waals surface area contributed by atoms with Crippen molar-refractivity contribution in [3.8, 4) is 11.5 Å². The van der Waals surface area contributed by atoms with Crippen molar-refractivity contribution in [3.05, 3.63) is 40.6 Å². The van der Waals surface area contributed by atoms with Crippen LogP contribution in [0.5, 0.6) is 0 Å². The van der Waals surface area contributed by atoms with Gasteiger partial charge in [-0.2, -0.15) is 4.68 Å². The predicted octanol–water partition coefficient (Wildman–Crippen LogP) is 0.0594. The van der Waals surface area contributed by atoms with Crippen molar-refractivity contribution in [2.45, 2.75) is 19.6 Å². The highest BCUT2D eigenvalue weighted by Gasteiger charge is 2.18. The van der Waals surface area contributed by atoms with Gasteiger partial charge in [-0.25, -0.2) is 9.18 Å². The molecule has 0 fully saturated rings. The van der Waals surface area contributed by atoms with E-state index >= 15 is 0 Å². The molecule has 22 heavy (non-hydrogen) atoms. The highest BCUT2D eigenvalue weighted by molar-refractivity contribution is 5.81. The summed E-state index contributed by atoms with van der Waals surface area (Å²) in [6.07, 6.45) is -1.12. The van der Waals surface area contributed by atoms with Crippen LogP contribution < -0.4 is 11.5 Å². The zero-order valence-electron chi connectivity index (χ0n) is 11.5. The molecule has 2 aromatic rings. The number of rotatable bonds is 5. The Morgan fingerprint density at radius 3 is 2.64 bits per heavy atom. The van der Waals surface area contributed by atoms with Crippen LogP contribution in [-0.2, 0) is 20.9 Å². The van der Waals surface area contributed by atoms with Gasteiger partial charge in [0, 0.05) is 5.56 Å². The minimum Gasteiger partial charge on any atom is -0.451 e. The lowest BCUT2D eigenvalue weighted by Crippen LogP contribution is -2.33. The van der Waals surface area contributed by atoms with Crippen LogP contribution >= 0.6 is 0 Å². The predicted molar refractivity (Wildman–Crippen MR) is 70.9 cm³/mol. The smallest absolute Gasteiger partial charge is 0.437 e. The number of carbonyl (C=O) groups is 2. The van der Waals surface area contributed by atoms with E-state index < -0.39 is 36.1 Å². The molecular weight excluding hydrogens is 297 g/mol. The maximum absolute atomic E-state index is 12.8. The van der Waals surface area contributed by atoms with E-state index in [-0.39, 0.29) is 5.89 Å². The number of primary amides is 1. The van der Waals surface area contributed by atoms with Crippen LogP contribution in [0.3, 0.4) is 0 Å². The number of esters is 1. The summed E-state index contributed by atoms with van der Waals surface area (Å²) in [5.41, 5.74) is 5.32. The van der Waals surface area contributed by atoms with Crippen molar-refractivity contribution < 1.29 is 23.1 Å². The standard InChI is InChI=1S/C13H12FN3O5/c1-7(11(15)19)21-10(18)6-17-13(20)22-12(16-17)8-2-4-9(14)5-3-8/h2-5,7H,6H2,1H3,(H2,15,19)/t7-/m1/s1. The molecule has 0 saturated heterocycles. The number of hydrogen-bond donors (Lipinski definition) is 1. The third-order valence-corrected chi connectivity index (χ3v) is 2.69. The lowest BCUT2D eigenvalue weighted by Gasteiger charge is -2.08. The normalized spacial score (nSPS) is 11.9. The van der Waals surface area contributed by atoms with E-state index in [1.807, 2.05) is 0 Å². The first-order chi connectivity index (χ1) is 10.4. The van der Waals surface area contributed by atoms with Crippen LogP contribution in [0, 0.1) is 5.82 Å². The minimum absolute atomic E-state index is 0.0688. The largest absolute Gasteiger partial charge is 0.451 e. The second-order valence-corrected chi connectivity index (χ2v) is 4.37. The van der Waals surface area contributed by atoms with Gasteiger partial charge < -0.3 is 14.9 Å². The molecular formula is C13H12FN3O5. The van der Waals surface area contributed by atoms with Gasteiger partial charge in [-0.15, -0.1) is 5.10 Å². The topological polar surface area (TPSA) is 117 Å². The molecule has 1 aromatic carbocycles.